The number of hydrogen-bond acceptors (Lipinski definition) is 3. The fourth-order valence-electron chi connectivity index (χ4n) is 3.30. The third-order valence-electron chi connectivity index (χ3n) is 4.27. The minimum atomic E-state index is 0.358. The largest absolute Gasteiger partial charge is 0.381 e. The standard InChI is InChI=1S/C15H30N2O/c1-3-8-17(10-14-5-6-14)12-15(11-16-2)7-4-9-18-13-15/h14,16H,3-13H2,1-2H3. The molecule has 2 aliphatic rings. The van der Waals surface area contributed by atoms with Gasteiger partial charge in [-0.3, -0.25) is 0 Å². The molecular formula is C15H30N2O. The first kappa shape index (κ1) is 14.3. The SMILES string of the molecule is CCCN(CC1CC1)CC1(CNC)CCCOC1. The first-order valence-corrected chi connectivity index (χ1v) is 7.73. The Morgan fingerprint density at radius 1 is 1.39 bits per heavy atom. The minimum absolute atomic E-state index is 0.358. The van der Waals surface area contributed by atoms with Gasteiger partial charge in [0.2, 0.25) is 0 Å². The number of ether oxygens (including phenoxy) is 1. The van der Waals surface area contributed by atoms with E-state index >= 15 is 0 Å². The van der Waals surface area contributed by atoms with Crippen LogP contribution in [0.4, 0.5) is 0 Å². The molecule has 0 spiro atoms. The molecule has 18 heavy (non-hydrogen) atoms. The lowest BCUT2D eigenvalue weighted by molar-refractivity contribution is -0.0260. The second kappa shape index (κ2) is 6.88. The van der Waals surface area contributed by atoms with Crippen molar-refractivity contribution in [2.45, 2.75) is 39.0 Å². The van der Waals surface area contributed by atoms with Crippen LogP contribution in [-0.2, 0) is 4.74 Å². The van der Waals surface area contributed by atoms with E-state index in [0.29, 0.717) is 5.41 Å². The van der Waals surface area contributed by atoms with E-state index in [1.165, 1.54) is 51.7 Å². The average molecular weight is 254 g/mol. The van der Waals surface area contributed by atoms with Gasteiger partial charge in [-0.2, -0.15) is 0 Å². The van der Waals surface area contributed by atoms with Gasteiger partial charge < -0.3 is 15.0 Å². The zero-order valence-corrected chi connectivity index (χ0v) is 12.2. The van der Waals surface area contributed by atoms with Crippen molar-refractivity contribution >= 4 is 0 Å². The molecule has 3 nitrogen and oxygen atoms in total. The first-order valence-electron chi connectivity index (χ1n) is 7.73. The highest BCUT2D eigenvalue weighted by molar-refractivity contribution is 4.88. The highest BCUT2D eigenvalue weighted by Gasteiger charge is 2.35. The quantitative estimate of drug-likeness (QED) is 0.718. The lowest BCUT2D eigenvalue weighted by Gasteiger charge is -2.41. The third kappa shape index (κ3) is 4.22. The summed E-state index contributed by atoms with van der Waals surface area (Å²) in [6, 6.07) is 0. The van der Waals surface area contributed by atoms with Crippen molar-refractivity contribution in [3.05, 3.63) is 0 Å². The molecule has 1 heterocycles. The predicted octanol–water partition coefficient (Wildman–Crippen LogP) is 2.12. The summed E-state index contributed by atoms with van der Waals surface area (Å²) >= 11 is 0. The van der Waals surface area contributed by atoms with Gasteiger partial charge in [-0.05, 0) is 51.6 Å². The van der Waals surface area contributed by atoms with E-state index in [1.807, 2.05) is 0 Å². The van der Waals surface area contributed by atoms with Crippen LogP contribution in [0.1, 0.15) is 39.0 Å². The van der Waals surface area contributed by atoms with Gasteiger partial charge in [0.1, 0.15) is 0 Å². The fourth-order valence-corrected chi connectivity index (χ4v) is 3.30. The molecule has 0 aromatic rings. The molecule has 1 N–H and O–H groups in total. The molecule has 2 rings (SSSR count). The smallest absolute Gasteiger partial charge is 0.0546 e. The number of nitrogens with one attached hydrogen (secondary N) is 1. The van der Waals surface area contributed by atoms with Crippen molar-refractivity contribution in [1.29, 1.82) is 0 Å². The van der Waals surface area contributed by atoms with Gasteiger partial charge in [-0.1, -0.05) is 6.92 Å². The molecule has 1 aliphatic heterocycles. The van der Waals surface area contributed by atoms with E-state index in [-0.39, 0.29) is 0 Å². The van der Waals surface area contributed by atoms with Gasteiger partial charge in [0.15, 0.2) is 0 Å². The normalized spacial score (nSPS) is 28.8. The van der Waals surface area contributed by atoms with Gasteiger partial charge in [-0.15, -0.1) is 0 Å². The summed E-state index contributed by atoms with van der Waals surface area (Å²) in [4.78, 5) is 2.70. The van der Waals surface area contributed by atoms with Crippen molar-refractivity contribution in [3.8, 4) is 0 Å². The Bertz CT molecular complexity index is 229. The maximum atomic E-state index is 5.77. The molecule has 1 saturated heterocycles. The Kier molecular flexibility index (Phi) is 5.46. The Hall–Kier alpha value is -0.120. The summed E-state index contributed by atoms with van der Waals surface area (Å²) in [5.74, 6) is 0.993. The minimum Gasteiger partial charge on any atom is -0.381 e. The van der Waals surface area contributed by atoms with E-state index in [4.69, 9.17) is 4.74 Å². The van der Waals surface area contributed by atoms with Crippen LogP contribution < -0.4 is 5.32 Å². The Labute approximate surface area is 112 Å². The summed E-state index contributed by atoms with van der Waals surface area (Å²) in [6.45, 7) is 9.08. The number of rotatable bonds is 8. The molecular weight excluding hydrogens is 224 g/mol. The lowest BCUT2D eigenvalue weighted by atomic mass is 9.81. The Balaban J connectivity index is 1.90. The van der Waals surface area contributed by atoms with Gasteiger partial charge in [0.25, 0.3) is 0 Å². The molecule has 2 fully saturated rings. The topological polar surface area (TPSA) is 24.5 Å². The van der Waals surface area contributed by atoms with Gasteiger partial charge in [-0.25, -0.2) is 0 Å². The third-order valence-corrected chi connectivity index (χ3v) is 4.27. The van der Waals surface area contributed by atoms with Crippen molar-refractivity contribution in [2.24, 2.45) is 11.3 Å². The van der Waals surface area contributed by atoms with E-state index in [1.54, 1.807) is 0 Å². The highest BCUT2D eigenvalue weighted by Crippen LogP contribution is 2.33. The summed E-state index contributed by atoms with van der Waals surface area (Å²) < 4.78 is 5.77. The van der Waals surface area contributed by atoms with Crippen LogP contribution in [0.2, 0.25) is 0 Å². The zero-order valence-electron chi connectivity index (χ0n) is 12.2. The molecule has 0 amide bonds. The Morgan fingerprint density at radius 2 is 2.22 bits per heavy atom. The van der Waals surface area contributed by atoms with Gasteiger partial charge in [0.05, 0.1) is 6.61 Å². The van der Waals surface area contributed by atoms with Crippen LogP contribution in [-0.4, -0.2) is 51.3 Å². The summed E-state index contributed by atoms with van der Waals surface area (Å²) in [5.41, 5.74) is 0.358. The monoisotopic (exact) mass is 254 g/mol. The Morgan fingerprint density at radius 3 is 2.78 bits per heavy atom. The highest BCUT2D eigenvalue weighted by atomic mass is 16.5. The molecule has 1 atom stereocenters. The maximum absolute atomic E-state index is 5.77. The average Bonchev–Trinajstić information content (AvgIpc) is 3.14. The molecule has 1 aliphatic carbocycles. The molecule has 1 unspecified atom stereocenters. The van der Waals surface area contributed by atoms with Gasteiger partial charge in [0, 0.05) is 31.7 Å². The molecule has 0 radical (unpaired) electrons. The molecule has 0 aromatic heterocycles. The van der Waals surface area contributed by atoms with Crippen LogP contribution >= 0.6 is 0 Å². The second-order valence-corrected chi connectivity index (χ2v) is 6.36. The van der Waals surface area contributed by atoms with Crippen molar-refractivity contribution in [3.63, 3.8) is 0 Å². The molecule has 0 aromatic carbocycles. The lowest BCUT2D eigenvalue weighted by Crippen LogP contribution is -2.49. The van der Waals surface area contributed by atoms with E-state index < -0.39 is 0 Å². The van der Waals surface area contributed by atoms with E-state index in [0.717, 1.165) is 25.7 Å². The summed E-state index contributed by atoms with van der Waals surface area (Å²) in [5, 5.41) is 3.39. The molecule has 3 heteroatoms. The van der Waals surface area contributed by atoms with Crippen LogP contribution in [0.3, 0.4) is 0 Å². The van der Waals surface area contributed by atoms with Crippen molar-refractivity contribution in [2.75, 3.05) is 46.4 Å². The number of nitrogens with zero attached hydrogens (tertiary/aromatic N) is 1. The van der Waals surface area contributed by atoms with Crippen LogP contribution in [0.5, 0.6) is 0 Å². The van der Waals surface area contributed by atoms with Crippen LogP contribution in [0.25, 0.3) is 0 Å². The molecule has 0 bridgehead atoms. The fraction of sp³-hybridized carbons (Fsp3) is 1.00. The second-order valence-electron chi connectivity index (χ2n) is 6.36. The maximum Gasteiger partial charge on any atom is 0.0546 e. The molecule has 106 valence electrons. The van der Waals surface area contributed by atoms with Crippen LogP contribution in [0, 0.1) is 11.3 Å². The van der Waals surface area contributed by atoms with Gasteiger partial charge >= 0.3 is 0 Å². The van der Waals surface area contributed by atoms with E-state index in [9.17, 15) is 0 Å². The first-order chi connectivity index (χ1) is 8.78. The number of hydrogen-bond donors (Lipinski definition) is 1. The predicted molar refractivity (Wildman–Crippen MR) is 75.9 cm³/mol. The van der Waals surface area contributed by atoms with Crippen molar-refractivity contribution < 1.29 is 4.74 Å². The van der Waals surface area contributed by atoms with Crippen molar-refractivity contribution in [1.82, 2.24) is 10.2 Å². The molecule has 1 saturated carbocycles. The van der Waals surface area contributed by atoms with E-state index in [2.05, 4.69) is 24.2 Å². The summed E-state index contributed by atoms with van der Waals surface area (Å²) in [7, 11) is 2.07. The zero-order chi connectivity index (χ0) is 12.8. The summed E-state index contributed by atoms with van der Waals surface area (Å²) in [6.07, 6.45) is 6.72. The van der Waals surface area contributed by atoms with Crippen LogP contribution in [0.15, 0.2) is 0 Å².